The van der Waals surface area contributed by atoms with E-state index < -0.39 is 10.0 Å². The molecule has 1 saturated carbocycles. The number of fused-ring (bicyclic) bond motifs is 1. The van der Waals surface area contributed by atoms with Gasteiger partial charge < -0.3 is 0 Å². The van der Waals surface area contributed by atoms with Crippen LogP contribution in [-0.2, 0) is 15.8 Å². The van der Waals surface area contributed by atoms with Gasteiger partial charge in [0.05, 0.1) is 5.75 Å². The summed E-state index contributed by atoms with van der Waals surface area (Å²) < 4.78 is 26.8. The van der Waals surface area contributed by atoms with Gasteiger partial charge in [0.2, 0.25) is 10.0 Å². The van der Waals surface area contributed by atoms with Crippen LogP contribution in [0.15, 0.2) is 24.3 Å². The van der Waals surface area contributed by atoms with Gasteiger partial charge in [-0.05, 0) is 42.7 Å². The van der Waals surface area contributed by atoms with Crippen LogP contribution in [0.4, 0.5) is 0 Å². The fourth-order valence-electron chi connectivity index (χ4n) is 3.48. The lowest BCUT2D eigenvalue weighted by Gasteiger charge is -2.18. The second-order valence-corrected chi connectivity index (χ2v) is 7.92. The Labute approximate surface area is 115 Å². The Bertz CT molecular complexity index is 555. The van der Waals surface area contributed by atoms with E-state index in [1.165, 1.54) is 19.3 Å². The molecular formula is C15H21NO2S. The Balaban J connectivity index is 1.75. The van der Waals surface area contributed by atoms with Crippen molar-refractivity contribution >= 4 is 10.0 Å². The average Bonchev–Trinajstić information content (AvgIpc) is 2.92. The highest BCUT2D eigenvalue weighted by Gasteiger charge is 2.40. The van der Waals surface area contributed by atoms with E-state index >= 15 is 0 Å². The molecule has 1 aromatic rings. The van der Waals surface area contributed by atoms with E-state index in [2.05, 4.69) is 0 Å². The molecule has 2 aliphatic rings. The van der Waals surface area contributed by atoms with Crippen LogP contribution in [0.25, 0.3) is 0 Å². The molecule has 1 heterocycles. The molecule has 104 valence electrons. The lowest BCUT2D eigenvalue weighted by Crippen LogP contribution is -2.31. The smallest absolute Gasteiger partial charge is 0.212 e. The van der Waals surface area contributed by atoms with Crippen LogP contribution in [0, 0.1) is 18.8 Å². The number of rotatable bonds is 3. The Morgan fingerprint density at radius 1 is 1.16 bits per heavy atom. The van der Waals surface area contributed by atoms with Crippen molar-refractivity contribution in [3.8, 4) is 0 Å². The molecule has 0 N–H and O–H groups in total. The van der Waals surface area contributed by atoms with Crippen molar-refractivity contribution in [2.45, 2.75) is 31.9 Å². The molecule has 0 aromatic heterocycles. The lowest BCUT2D eigenvalue weighted by atomic mass is 10.0. The number of benzene rings is 1. The van der Waals surface area contributed by atoms with Crippen LogP contribution in [0.5, 0.6) is 0 Å². The summed E-state index contributed by atoms with van der Waals surface area (Å²) in [6.45, 7) is 3.47. The third-order valence-corrected chi connectivity index (χ3v) is 6.45. The highest BCUT2D eigenvalue weighted by Crippen LogP contribution is 2.39. The summed E-state index contributed by atoms with van der Waals surface area (Å²) in [6, 6.07) is 7.76. The zero-order chi connectivity index (χ0) is 13.5. The maximum Gasteiger partial charge on any atom is 0.218 e. The summed E-state index contributed by atoms with van der Waals surface area (Å²) in [5.41, 5.74) is 1.99. The van der Waals surface area contributed by atoms with E-state index in [1.54, 1.807) is 4.31 Å². The minimum atomic E-state index is -3.14. The van der Waals surface area contributed by atoms with Crippen LogP contribution in [-0.4, -0.2) is 25.8 Å². The van der Waals surface area contributed by atoms with E-state index in [0.29, 0.717) is 11.8 Å². The third-order valence-electron chi connectivity index (χ3n) is 4.69. The number of nitrogens with zero attached hydrogens (tertiary/aromatic N) is 1. The maximum atomic E-state index is 12.5. The second-order valence-electron chi connectivity index (χ2n) is 5.95. The predicted molar refractivity (Wildman–Crippen MR) is 76.2 cm³/mol. The van der Waals surface area contributed by atoms with Crippen LogP contribution in [0.1, 0.15) is 30.4 Å². The maximum absolute atomic E-state index is 12.5. The van der Waals surface area contributed by atoms with Gasteiger partial charge in [-0.15, -0.1) is 0 Å². The first kappa shape index (κ1) is 13.1. The number of hydrogen-bond donors (Lipinski definition) is 0. The molecule has 2 fully saturated rings. The molecule has 1 aromatic carbocycles. The topological polar surface area (TPSA) is 37.4 Å². The number of sulfonamides is 1. The summed E-state index contributed by atoms with van der Waals surface area (Å²) in [4.78, 5) is 0. The van der Waals surface area contributed by atoms with Crippen LogP contribution in [0.3, 0.4) is 0 Å². The normalized spacial score (nSPS) is 27.6. The summed E-state index contributed by atoms with van der Waals surface area (Å²) in [5, 5.41) is 0. The van der Waals surface area contributed by atoms with Gasteiger partial charge >= 0.3 is 0 Å². The average molecular weight is 279 g/mol. The standard InChI is InChI=1S/C15H21NO2S/c1-12-5-2-3-6-15(12)11-19(17,18)16-9-13-7-4-8-14(13)10-16/h2-3,5-6,13-14H,4,7-11H2,1H3. The number of aryl methyl sites for hydroxylation is 1. The molecule has 0 amide bonds. The predicted octanol–water partition coefficient (Wildman–Crippen LogP) is 2.56. The third kappa shape index (κ3) is 2.56. The minimum Gasteiger partial charge on any atom is -0.212 e. The first-order chi connectivity index (χ1) is 9.06. The highest BCUT2D eigenvalue weighted by atomic mass is 32.2. The molecule has 3 rings (SSSR count). The monoisotopic (exact) mass is 279 g/mol. The number of hydrogen-bond acceptors (Lipinski definition) is 2. The molecule has 1 aliphatic heterocycles. The van der Waals surface area contributed by atoms with Gasteiger partial charge in [-0.1, -0.05) is 30.7 Å². The van der Waals surface area contributed by atoms with Crippen LogP contribution < -0.4 is 0 Å². The molecule has 2 unspecified atom stereocenters. The van der Waals surface area contributed by atoms with Crippen molar-refractivity contribution in [2.24, 2.45) is 11.8 Å². The molecule has 19 heavy (non-hydrogen) atoms. The molecule has 1 saturated heterocycles. The fourth-order valence-corrected chi connectivity index (χ4v) is 5.22. The van der Waals surface area contributed by atoms with E-state index in [1.807, 2.05) is 31.2 Å². The fraction of sp³-hybridized carbons (Fsp3) is 0.600. The zero-order valence-corrected chi connectivity index (χ0v) is 12.2. The van der Waals surface area contributed by atoms with E-state index in [4.69, 9.17) is 0 Å². The highest BCUT2D eigenvalue weighted by molar-refractivity contribution is 7.88. The zero-order valence-electron chi connectivity index (χ0n) is 11.4. The molecule has 4 heteroatoms. The van der Waals surface area contributed by atoms with Gasteiger partial charge in [0.1, 0.15) is 0 Å². The Morgan fingerprint density at radius 2 is 1.79 bits per heavy atom. The molecule has 0 spiro atoms. The Morgan fingerprint density at radius 3 is 2.42 bits per heavy atom. The second kappa shape index (κ2) is 4.91. The van der Waals surface area contributed by atoms with E-state index in [-0.39, 0.29) is 5.75 Å². The molecule has 0 radical (unpaired) electrons. The van der Waals surface area contributed by atoms with Gasteiger partial charge in [-0.25, -0.2) is 12.7 Å². The van der Waals surface area contributed by atoms with Gasteiger partial charge in [0, 0.05) is 13.1 Å². The Hall–Kier alpha value is -0.870. The van der Waals surface area contributed by atoms with Crippen molar-refractivity contribution in [3.05, 3.63) is 35.4 Å². The van der Waals surface area contributed by atoms with Crippen molar-refractivity contribution in [1.82, 2.24) is 4.31 Å². The SMILES string of the molecule is Cc1ccccc1CS(=O)(=O)N1CC2CCCC2C1. The first-order valence-corrected chi connectivity index (χ1v) is 8.69. The van der Waals surface area contributed by atoms with Crippen molar-refractivity contribution in [1.29, 1.82) is 0 Å². The van der Waals surface area contributed by atoms with Gasteiger partial charge in [0.25, 0.3) is 0 Å². The summed E-state index contributed by atoms with van der Waals surface area (Å²) in [7, 11) is -3.14. The van der Waals surface area contributed by atoms with Crippen LogP contribution >= 0.6 is 0 Å². The quantitative estimate of drug-likeness (QED) is 0.852. The molecule has 0 bridgehead atoms. The van der Waals surface area contributed by atoms with Crippen molar-refractivity contribution < 1.29 is 8.42 Å². The van der Waals surface area contributed by atoms with Gasteiger partial charge in [-0.3, -0.25) is 0 Å². The minimum absolute atomic E-state index is 0.152. The Kier molecular flexibility index (Phi) is 3.39. The molecule has 3 nitrogen and oxygen atoms in total. The summed E-state index contributed by atoms with van der Waals surface area (Å²) in [6.07, 6.45) is 3.70. The van der Waals surface area contributed by atoms with E-state index in [9.17, 15) is 8.42 Å². The lowest BCUT2D eigenvalue weighted by molar-refractivity contribution is 0.444. The van der Waals surface area contributed by atoms with Crippen molar-refractivity contribution in [3.63, 3.8) is 0 Å². The summed E-state index contributed by atoms with van der Waals surface area (Å²) >= 11 is 0. The summed E-state index contributed by atoms with van der Waals surface area (Å²) in [5.74, 6) is 1.39. The van der Waals surface area contributed by atoms with E-state index in [0.717, 1.165) is 24.2 Å². The molecule has 2 atom stereocenters. The van der Waals surface area contributed by atoms with Crippen molar-refractivity contribution in [2.75, 3.05) is 13.1 Å². The van der Waals surface area contributed by atoms with Gasteiger partial charge in [-0.2, -0.15) is 0 Å². The van der Waals surface area contributed by atoms with Crippen LogP contribution in [0.2, 0.25) is 0 Å². The van der Waals surface area contributed by atoms with Gasteiger partial charge in [0.15, 0.2) is 0 Å². The largest absolute Gasteiger partial charge is 0.218 e. The molecular weight excluding hydrogens is 258 g/mol. The molecule has 1 aliphatic carbocycles. The first-order valence-electron chi connectivity index (χ1n) is 7.08.